The Morgan fingerprint density at radius 1 is 1.22 bits per heavy atom. The molecular formula is C12H11N3O3. The Morgan fingerprint density at radius 3 is 2.67 bits per heavy atom. The Bertz CT molecular complexity index is 676. The maximum Gasteiger partial charge on any atom is 0.270 e. The summed E-state index contributed by atoms with van der Waals surface area (Å²) in [6.45, 7) is 1.29. The van der Waals surface area contributed by atoms with Crippen LogP contribution in [0.5, 0.6) is 0 Å². The quantitative estimate of drug-likeness (QED) is 0.645. The van der Waals surface area contributed by atoms with E-state index in [1.54, 1.807) is 24.3 Å². The van der Waals surface area contributed by atoms with E-state index in [0.717, 1.165) is 0 Å². The van der Waals surface area contributed by atoms with Crippen LogP contribution in [0.4, 0.5) is 0 Å². The smallest absolute Gasteiger partial charge is 0.270 e. The number of carbonyl (C=O) groups is 2. The number of hydrogen-bond acceptors (Lipinski definition) is 4. The predicted molar refractivity (Wildman–Crippen MR) is 63.4 cm³/mol. The Morgan fingerprint density at radius 2 is 1.94 bits per heavy atom. The maximum absolute atomic E-state index is 11.9. The van der Waals surface area contributed by atoms with Crippen molar-refractivity contribution in [2.45, 2.75) is 6.92 Å². The van der Waals surface area contributed by atoms with Gasteiger partial charge < -0.3 is 4.42 Å². The predicted octanol–water partition coefficient (Wildman–Crippen LogP) is 0.693. The van der Waals surface area contributed by atoms with Gasteiger partial charge in [0.1, 0.15) is 5.58 Å². The van der Waals surface area contributed by atoms with Crippen LogP contribution in [0.15, 0.2) is 34.7 Å². The van der Waals surface area contributed by atoms with Crippen molar-refractivity contribution in [1.29, 1.82) is 5.41 Å². The van der Waals surface area contributed by atoms with Gasteiger partial charge >= 0.3 is 0 Å². The normalized spacial score (nSPS) is 10.1. The van der Waals surface area contributed by atoms with Crippen molar-refractivity contribution in [3.05, 3.63) is 41.4 Å². The molecule has 1 aromatic carbocycles. The summed E-state index contributed by atoms with van der Waals surface area (Å²) >= 11 is 0. The third-order valence-corrected chi connectivity index (χ3v) is 2.27. The molecule has 0 saturated heterocycles. The van der Waals surface area contributed by atoms with Crippen molar-refractivity contribution in [1.82, 2.24) is 10.9 Å². The van der Waals surface area contributed by atoms with Crippen LogP contribution in [0.25, 0.3) is 11.0 Å². The molecule has 0 radical (unpaired) electrons. The van der Waals surface area contributed by atoms with E-state index in [2.05, 4.69) is 10.9 Å². The fourth-order valence-corrected chi connectivity index (χ4v) is 1.53. The second-order valence-corrected chi connectivity index (χ2v) is 3.66. The second-order valence-electron chi connectivity index (χ2n) is 3.66. The van der Waals surface area contributed by atoms with E-state index in [4.69, 9.17) is 9.83 Å². The average Bonchev–Trinajstić information content (AvgIpc) is 2.34. The van der Waals surface area contributed by atoms with Crippen molar-refractivity contribution >= 4 is 22.8 Å². The Hall–Kier alpha value is -2.63. The average molecular weight is 245 g/mol. The van der Waals surface area contributed by atoms with Crippen LogP contribution in [0.3, 0.4) is 0 Å². The lowest BCUT2D eigenvalue weighted by Gasteiger charge is -2.07. The zero-order chi connectivity index (χ0) is 13.1. The van der Waals surface area contributed by atoms with Gasteiger partial charge in [-0.25, -0.2) is 0 Å². The molecule has 1 heterocycles. The van der Waals surface area contributed by atoms with Crippen LogP contribution in [-0.4, -0.2) is 11.8 Å². The molecule has 2 amide bonds. The fourth-order valence-electron chi connectivity index (χ4n) is 1.53. The second kappa shape index (κ2) is 4.70. The SMILES string of the molecule is CC(=O)NNC(=O)c1cc(=N)oc2ccccc12. The van der Waals surface area contributed by atoms with Crippen molar-refractivity contribution in [3.63, 3.8) is 0 Å². The largest absolute Gasteiger partial charge is 0.439 e. The third kappa shape index (κ3) is 2.37. The van der Waals surface area contributed by atoms with E-state index < -0.39 is 5.91 Å². The molecular weight excluding hydrogens is 234 g/mol. The van der Waals surface area contributed by atoms with Gasteiger partial charge in [0.15, 0.2) is 0 Å². The highest BCUT2D eigenvalue weighted by atomic mass is 16.3. The number of carbonyl (C=O) groups excluding carboxylic acids is 2. The molecule has 2 rings (SSSR count). The zero-order valence-electron chi connectivity index (χ0n) is 9.61. The Balaban J connectivity index is 2.46. The van der Waals surface area contributed by atoms with Crippen LogP contribution in [0.2, 0.25) is 0 Å². The Kier molecular flexibility index (Phi) is 3.09. The van der Waals surface area contributed by atoms with Gasteiger partial charge in [0.05, 0.1) is 5.56 Å². The number of fused-ring (bicyclic) bond motifs is 1. The van der Waals surface area contributed by atoms with Crippen LogP contribution in [0.1, 0.15) is 17.3 Å². The van der Waals surface area contributed by atoms with E-state index in [9.17, 15) is 9.59 Å². The first kappa shape index (κ1) is 11.8. The summed E-state index contributed by atoms with van der Waals surface area (Å²) in [6.07, 6.45) is 0. The molecule has 0 spiro atoms. The lowest BCUT2D eigenvalue weighted by Crippen LogP contribution is -2.40. The molecule has 0 saturated carbocycles. The minimum atomic E-state index is -0.495. The molecule has 0 bridgehead atoms. The van der Waals surface area contributed by atoms with Gasteiger partial charge in [0.2, 0.25) is 11.5 Å². The van der Waals surface area contributed by atoms with Crippen LogP contribution >= 0.6 is 0 Å². The number of nitrogens with one attached hydrogen (secondary N) is 3. The molecule has 0 unspecified atom stereocenters. The highest BCUT2D eigenvalue weighted by Gasteiger charge is 2.11. The van der Waals surface area contributed by atoms with Crippen LogP contribution in [-0.2, 0) is 4.79 Å². The van der Waals surface area contributed by atoms with Gasteiger partial charge in [-0.3, -0.25) is 25.8 Å². The van der Waals surface area contributed by atoms with Gasteiger partial charge in [-0.1, -0.05) is 18.2 Å². The first-order chi connectivity index (χ1) is 8.58. The molecule has 0 aliphatic carbocycles. The van der Waals surface area contributed by atoms with Gasteiger partial charge in [-0.15, -0.1) is 0 Å². The summed E-state index contributed by atoms with van der Waals surface area (Å²) in [5.74, 6) is -0.870. The van der Waals surface area contributed by atoms with Crippen LogP contribution in [0, 0.1) is 5.41 Å². The van der Waals surface area contributed by atoms with Crippen molar-refractivity contribution in [2.24, 2.45) is 0 Å². The first-order valence-electron chi connectivity index (χ1n) is 5.22. The van der Waals surface area contributed by atoms with Crippen molar-refractivity contribution in [3.8, 4) is 0 Å². The topological polar surface area (TPSA) is 95.2 Å². The number of amides is 2. The standard InChI is InChI=1S/C12H11N3O3/c1-7(16)14-15-12(17)9-6-11(13)18-10-5-3-2-4-8(9)10/h2-6,13H,1H3,(H,14,16)(H,15,17). The maximum atomic E-state index is 11.9. The molecule has 6 nitrogen and oxygen atoms in total. The number of benzene rings is 1. The van der Waals surface area contributed by atoms with Gasteiger partial charge in [-0.2, -0.15) is 0 Å². The third-order valence-electron chi connectivity index (χ3n) is 2.27. The molecule has 0 aliphatic rings. The molecule has 0 aliphatic heterocycles. The highest BCUT2D eigenvalue weighted by molar-refractivity contribution is 6.05. The fraction of sp³-hybridized carbons (Fsp3) is 0.0833. The molecule has 92 valence electrons. The molecule has 2 aromatic rings. The van der Waals surface area contributed by atoms with Gasteiger partial charge in [0, 0.05) is 18.4 Å². The molecule has 18 heavy (non-hydrogen) atoms. The van der Waals surface area contributed by atoms with E-state index in [1.165, 1.54) is 13.0 Å². The number of rotatable bonds is 1. The zero-order valence-corrected chi connectivity index (χ0v) is 9.61. The highest BCUT2D eigenvalue weighted by Crippen LogP contribution is 2.15. The van der Waals surface area contributed by atoms with Crippen molar-refractivity contribution in [2.75, 3.05) is 0 Å². The monoisotopic (exact) mass is 245 g/mol. The number of para-hydroxylation sites is 1. The summed E-state index contributed by atoms with van der Waals surface area (Å²) in [5.41, 5.74) is 5.04. The first-order valence-corrected chi connectivity index (χ1v) is 5.22. The molecule has 6 heteroatoms. The van der Waals surface area contributed by atoms with E-state index in [0.29, 0.717) is 11.0 Å². The molecule has 3 N–H and O–H groups in total. The lowest BCUT2D eigenvalue weighted by molar-refractivity contribution is -0.119. The van der Waals surface area contributed by atoms with E-state index in [1.807, 2.05) is 0 Å². The van der Waals surface area contributed by atoms with E-state index >= 15 is 0 Å². The van der Waals surface area contributed by atoms with Crippen LogP contribution < -0.4 is 16.4 Å². The van der Waals surface area contributed by atoms with E-state index in [-0.39, 0.29) is 17.0 Å². The lowest BCUT2D eigenvalue weighted by atomic mass is 10.1. The molecule has 1 aromatic heterocycles. The van der Waals surface area contributed by atoms with Gasteiger partial charge in [-0.05, 0) is 6.07 Å². The minimum absolute atomic E-state index is 0.123. The number of hydrazine groups is 1. The van der Waals surface area contributed by atoms with Gasteiger partial charge in [0.25, 0.3) is 5.91 Å². The minimum Gasteiger partial charge on any atom is -0.439 e. The number of hydrogen-bond donors (Lipinski definition) is 3. The summed E-state index contributed by atoms with van der Waals surface area (Å²) in [7, 11) is 0. The molecule has 0 atom stereocenters. The summed E-state index contributed by atoms with van der Waals surface area (Å²) < 4.78 is 5.18. The summed E-state index contributed by atoms with van der Waals surface area (Å²) in [4.78, 5) is 22.6. The van der Waals surface area contributed by atoms with Crippen molar-refractivity contribution < 1.29 is 14.0 Å². The Labute approximate surface area is 102 Å². The molecule has 0 fully saturated rings. The summed E-state index contributed by atoms with van der Waals surface area (Å²) in [6, 6.07) is 8.19. The summed E-state index contributed by atoms with van der Waals surface area (Å²) in [5, 5.41) is 8.07.